The van der Waals surface area contributed by atoms with E-state index < -0.39 is 5.97 Å². The first-order valence-corrected chi connectivity index (χ1v) is 11.0. The number of pyridine rings is 1. The molecule has 6 heteroatoms. The number of carboxylic acid groups (broad SMARTS) is 1. The number of ether oxygens (including phenoxy) is 1. The average Bonchev–Trinajstić information content (AvgIpc) is 2.86. The first-order chi connectivity index (χ1) is 16.1. The van der Waals surface area contributed by atoms with Crippen LogP contribution in [-0.2, 0) is 0 Å². The van der Waals surface area contributed by atoms with E-state index in [1.807, 2.05) is 35.2 Å². The van der Waals surface area contributed by atoms with Crippen LogP contribution in [0.5, 0.6) is 5.75 Å². The Labute approximate surface area is 192 Å². The maximum Gasteiger partial charge on any atom is 0.354 e. The van der Waals surface area contributed by atoms with Gasteiger partial charge < -0.3 is 20.1 Å². The van der Waals surface area contributed by atoms with Crippen LogP contribution < -0.4 is 15.0 Å². The molecule has 1 unspecified atom stereocenters. The molecule has 0 saturated heterocycles. The van der Waals surface area contributed by atoms with Crippen molar-refractivity contribution >= 4 is 28.2 Å². The average molecular weight is 440 g/mol. The molecule has 5 rings (SSSR count). The van der Waals surface area contributed by atoms with Crippen LogP contribution in [0.15, 0.2) is 84.9 Å². The molecule has 33 heavy (non-hydrogen) atoms. The smallest absolute Gasteiger partial charge is 0.354 e. The molecule has 4 aromatic rings. The second-order valence-electron chi connectivity index (χ2n) is 8.20. The first kappa shape index (κ1) is 21.0. The molecule has 1 aliphatic heterocycles. The number of carboxylic acids is 1. The number of anilines is 2. The number of aromatic carboxylic acids is 1. The number of hydrogen-bond acceptors (Lipinski definition) is 5. The van der Waals surface area contributed by atoms with Gasteiger partial charge in [-0.05, 0) is 47.5 Å². The van der Waals surface area contributed by atoms with Gasteiger partial charge in [-0.25, -0.2) is 9.78 Å². The van der Waals surface area contributed by atoms with Crippen LogP contribution >= 0.6 is 0 Å². The summed E-state index contributed by atoms with van der Waals surface area (Å²) in [6.07, 6.45) is -0.132. The quantitative estimate of drug-likeness (QED) is 0.431. The number of benzene rings is 3. The Hall–Kier alpha value is -3.90. The Morgan fingerprint density at radius 2 is 1.82 bits per heavy atom. The normalized spacial score (nSPS) is 16.2. The molecule has 1 aliphatic rings. The molecule has 0 spiro atoms. The molecule has 0 saturated carbocycles. The molecular weight excluding hydrogens is 414 g/mol. The van der Waals surface area contributed by atoms with Gasteiger partial charge >= 0.3 is 5.97 Å². The fourth-order valence-corrected chi connectivity index (χ4v) is 4.36. The highest BCUT2D eigenvalue weighted by Crippen LogP contribution is 2.37. The number of carbonyl (C=O) groups is 1. The number of nitrogens with one attached hydrogen (secondary N) is 1. The first-order valence-electron chi connectivity index (χ1n) is 11.0. The fraction of sp³-hybridized carbons (Fsp3) is 0.185. The highest BCUT2D eigenvalue weighted by Gasteiger charge is 2.28. The number of fused-ring (bicyclic) bond motifs is 2. The maximum atomic E-state index is 11.4. The van der Waals surface area contributed by atoms with Crippen LogP contribution in [0.2, 0.25) is 0 Å². The van der Waals surface area contributed by atoms with Crippen molar-refractivity contribution in [1.82, 2.24) is 10.3 Å². The molecule has 0 bridgehead atoms. The van der Waals surface area contributed by atoms with Crippen LogP contribution in [0, 0.1) is 0 Å². The van der Waals surface area contributed by atoms with Crippen LogP contribution in [0.1, 0.15) is 29.0 Å². The van der Waals surface area contributed by atoms with E-state index in [1.165, 1.54) is 22.4 Å². The predicted octanol–water partition coefficient (Wildman–Crippen LogP) is 5.18. The minimum atomic E-state index is -1.04. The number of aromatic nitrogens is 1. The van der Waals surface area contributed by atoms with Crippen molar-refractivity contribution in [3.05, 3.63) is 96.2 Å². The molecule has 2 heterocycles. The van der Waals surface area contributed by atoms with Gasteiger partial charge in [-0.1, -0.05) is 60.7 Å². The summed E-state index contributed by atoms with van der Waals surface area (Å²) < 4.78 is 6.29. The van der Waals surface area contributed by atoms with Gasteiger partial charge in [0, 0.05) is 12.6 Å². The summed E-state index contributed by atoms with van der Waals surface area (Å²) in [7, 11) is 0. The van der Waals surface area contributed by atoms with E-state index in [4.69, 9.17) is 4.74 Å². The van der Waals surface area contributed by atoms with Gasteiger partial charge in [0.05, 0.1) is 12.2 Å². The summed E-state index contributed by atoms with van der Waals surface area (Å²) in [6, 6.07) is 27.7. The Morgan fingerprint density at radius 3 is 2.70 bits per heavy atom. The summed E-state index contributed by atoms with van der Waals surface area (Å²) in [5.74, 6) is 0.314. The SMILES string of the molecule is C[C@@H](NCC1CN(c2cccc(C(=O)O)n2)c2ccccc2O1)c1cccc2ccccc12. The maximum absolute atomic E-state index is 11.4. The van der Waals surface area contributed by atoms with Crippen LogP contribution in [-0.4, -0.2) is 35.3 Å². The van der Waals surface area contributed by atoms with Crippen LogP contribution in [0.25, 0.3) is 10.8 Å². The number of nitrogens with zero attached hydrogens (tertiary/aromatic N) is 2. The van der Waals surface area contributed by atoms with Gasteiger partial charge in [-0.15, -0.1) is 0 Å². The zero-order valence-corrected chi connectivity index (χ0v) is 18.3. The van der Waals surface area contributed by atoms with Crippen molar-refractivity contribution in [2.45, 2.75) is 19.1 Å². The highest BCUT2D eigenvalue weighted by molar-refractivity contribution is 5.86. The summed E-state index contributed by atoms with van der Waals surface area (Å²) in [5.41, 5.74) is 2.15. The van der Waals surface area contributed by atoms with Gasteiger partial charge in [0.25, 0.3) is 0 Å². The summed E-state index contributed by atoms with van der Waals surface area (Å²) in [5, 5.41) is 15.5. The van der Waals surface area contributed by atoms with Crippen molar-refractivity contribution in [1.29, 1.82) is 0 Å². The fourth-order valence-electron chi connectivity index (χ4n) is 4.36. The lowest BCUT2D eigenvalue weighted by Gasteiger charge is -2.36. The number of para-hydroxylation sites is 2. The second-order valence-corrected chi connectivity index (χ2v) is 8.20. The Kier molecular flexibility index (Phi) is 5.67. The Bertz CT molecular complexity index is 1300. The van der Waals surface area contributed by atoms with Crippen molar-refractivity contribution in [2.75, 3.05) is 18.0 Å². The molecule has 0 amide bonds. The van der Waals surface area contributed by atoms with E-state index >= 15 is 0 Å². The van der Waals surface area contributed by atoms with Gasteiger partial charge in [0.1, 0.15) is 17.7 Å². The zero-order chi connectivity index (χ0) is 22.8. The third kappa shape index (κ3) is 4.25. The van der Waals surface area contributed by atoms with E-state index in [1.54, 1.807) is 6.07 Å². The van der Waals surface area contributed by atoms with Gasteiger partial charge in [-0.2, -0.15) is 0 Å². The molecule has 6 nitrogen and oxygen atoms in total. The van der Waals surface area contributed by atoms with E-state index in [0.29, 0.717) is 18.9 Å². The van der Waals surface area contributed by atoms with E-state index in [-0.39, 0.29) is 17.8 Å². The van der Waals surface area contributed by atoms with Crippen LogP contribution in [0.3, 0.4) is 0 Å². The van der Waals surface area contributed by atoms with Gasteiger partial charge in [-0.3, -0.25) is 0 Å². The van der Waals surface area contributed by atoms with Gasteiger partial charge in [0.2, 0.25) is 0 Å². The minimum Gasteiger partial charge on any atom is -0.485 e. The molecule has 166 valence electrons. The summed E-state index contributed by atoms with van der Waals surface area (Å²) >= 11 is 0. The summed E-state index contributed by atoms with van der Waals surface area (Å²) in [4.78, 5) is 17.8. The lowest BCUT2D eigenvalue weighted by Crippen LogP contribution is -2.44. The Morgan fingerprint density at radius 1 is 1.06 bits per heavy atom. The topological polar surface area (TPSA) is 74.7 Å². The van der Waals surface area contributed by atoms with E-state index in [0.717, 1.165) is 11.4 Å². The predicted molar refractivity (Wildman–Crippen MR) is 129 cm³/mol. The van der Waals surface area contributed by atoms with Crippen molar-refractivity contribution in [3.63, 3.8) is 0 Å². The molecule has 2 N–H and O–H groups in total. The lowest BCUT2D eigenvalue weighted by molar-refractivity contribution is 0.0690. The third-order valence-corrected chi connectivity index (χ3v) is 6.01. The molecule has 0 radical (unpaired) electrons. The third-order valence-electron chi connectivity index (χ3n) is 6.01. The lowest BCUT2D eigenvalue weighted by atomic mass is 9.99. The molecule has 3 aromatic carbocycles. The molecule has 2 atom stereocenters. The van der Waals surface area contributed by atoms with Crippen molar-refractivity contribution in [2.24, 2.45) is 0 Å². The number of rotatable bonds is 6. The molecule has 1 aromatic heterocycles. The van der Waals surface area contributed by atoms with Crippen LogP contribution in [0.4, 0.5) is 11.5 Å². The number of hydrogen-bond donors (Lipinski definition) is 2. The van der Waals surface area contributed by atoms with Gasteiger partial charge in [0.15, 0.2) is 5.69 Å². The molecule has 0 aliphatic carbocycles. The minimum absolute atomic E-state index is 0.0238. The van der Waals surface area contributed by atoms with Crippen molar-refractivity contribution in [3.8, 4) is 5.75 Å². The standard InChI is InChI=1S/C27H25N3O3/c1-18(21-11-6-9-19-8-2-3-10-22(19)21)28-16-20-17-30(24-13-4-5-14-25(24)33-20)26-15-7-12-23(29-26)27(31)32/h2-15,18,20,28H,16-17H2,1H3,(H,31,32)/t18-,20?/m1/s1. The Balaban J connectivity index is 1.37. The molecule has 0 fully saturated rings. The van der Waals surface area contributed by atoms with Crippen molar-refractivity contribution < 1.29 is 14.6 Å². The zero-order valence-electron chi connectivity index (χ0n) is 18.3. The highest BCUT2D eigenvalue weighted by atomic mass is 16.5. The largest absolute Gasteiger partial charge is 0.485 e. The van der Waals surface area contributed by atoms with E-state index in [9.17, 15) is 9.90 Å². The second kappa shape index (κ2) is 8.92. The monoisotopic (exact) mass is 439 g/mol. The summed E-state index contributed by atoms with van der Waals surface area (Å²) in [6.45, 7) is 3.35. The van der Waals surface area contributed by atoms with E-state index in [2.05, 4.69) is 59.7 Å². The molecular formula is C27H25N3O3.